The lowest BCUT2D eigenvalue weighted by Gasteiger charge is -2.07. The van der Waals surface area contributed by atoms with Crippen molar-refractivity contribution in [1.29, 1.82) is 0 Å². The van der Waals surface area contributed by atoms with E-state index >= 15 is 0 Å². The Morgan fingerprint density at radius 1 is 1.40 bits per heavy atom. The average molecular weight is 292 g/mol. The van der Waals surface area contributed by atoms with E-state index in [1.807, 2.05) is 6.07 Å². The van der Waals surface area contributed by atoms with Crippen molar-refractivity contribution in [1.82, 2.24) is 0 Å². The molecule has 2 N–H and O–H groups in total. The molecule has 1 aromatic rings. The van der Waals surface area contributed by atoms with E-state index in [0.29, 0.717) is 16.1 Å². The largest absolute Gasteiger partial charge is 0.357 e. The van der Waals surface area contributed by atoms with E-state index in [-0.39, 0.29) is 0 Å². The molecular weight excluding hydrogens is 282 g/mol. The Morgan fingerprint density at radius 2 is 2.07 bits per heavy atom. The van der Waals surface area contributed by atoms with Gasteiger partial charge < -0.3 is 0 Å². The Bertz CT molecular complexity index is 482. The van der Waals surface area contributed by atoms with Gasteiger partial charge >= 0.3 is 10.3 Å². The van der Waals surface area contributed by atoms with Gasteiger partial charge in [-0.15, -0.1) is 0 Å². The summed E-state index contributed by atoms with van der Waals surface area (Å²) in [6, 6.07) is 5.48. The molecule has 1 aliphatic carbocycles. The van der Waals surface area contributed by atoms with Gasteiger partial charge in [0.15, 0.2) is 0 Å². The highest BCUT2D eigenvalue weighted by molar-refractivity contribution is 9.10. The van der Waals surface area contributed by atoms with E-state index in [4.69, 9.17) is 4.55 Å². The zero-order valence-electron chi connectivity index (χ0n) is 7.77. The smallest absolute Gasteiger partial charge is 0.269 e. The first-order chi connectivity index (χ1) is 6.96. The Kier molecular flexibility index (Phi) is 2.74. The van der Waals surface area contributed by atoms with Crippen LogP contribution < -0.4 is 4.72 Å². The molecule has 1 fully saturated rings. The van der Waals surface area contributed by atoms with E-state index in [1.165, 1.54) is 0 Å². The quantitative estimate of drug-likeness (QED) is 0.841. The Hall–Kier alpha value is -0.590. The summed E-state index contributed by atoms with van der Waals surface area (Å²) in [6.07, 6.45) is 2.29. The highest BCUT2D eigenvalue weighted by Gasteiger charge is 2.24. The van der Waals surface area contributed by atoms with Crippen molar-refractivity contribution in [2.45, 2.75) is 18.8 Å². The first kappa shape index (κ1) is 10.9. The second kappa shape index (κ2) is 3.77. The standard InChI is InChI=1S/C9H10BrNO3S/c10-8-4-3-7(6-1-2-6)5-9(8)11-15(12,13)14/h3-6,11H,1-2H2,(H,12,13,14). The SMILES string of the molecule is O=S(=O)(O)Nc1cc(C2CC2)ccc1Br. The molecule has 0 unspecified atom stereocenters. The number of nitrogens with one attached hydrogen (secondary N) is 1. The van der Waals surface area contributed by atoms with Crippen LogP contribution in [0.2, 0.25) is 0 Å². The van der Waals surface area contributed by atoms with Crippen LogP contribution in [0.5, 0.6) is 0 Å². The maximum atomic E-state index is 10.7. The third-order valence-corrected chi connectivity index (χ3v) is 3.45. The Morgan fingerprint density at radius 3 is 2.60 bits per heavy atom. The first-order valence-corrected chi connectivity index (χ1v) is 6.74. The van der Waals surface area contributed by atoms with Crippen molar-refractivity contribution >= 4 is 31.9 Å². The minimum absolute atomic E-state index is 0.377. The number of rotatable bonds is 3. The fraction of sp³-hybridized carbons (Fsp3) is 0.333. The zero-order valence-corrected chi connectivity index (χ0v) is 10.2. The molecule has 6 heteroatoms. The number of hydrogen-bond donors (Lipinski definition) is 2. The van der Waals surface area contributed by atoms with Crippen LogP contribution in [0.1, 0.15) is 24.3 Å². The molecule has 0 bridgehead atoms. The van der Waals surface area contributed by atoms with Crippen LogP contribution in [0.15, 0.2) is 22.7 Å². The highest BCUT2D eigenvalue weighted by Crippen LogP contribution is 2.41. The Labute approximate surface area is 96.7 Å². The maximum Gasteiger partial charge on any atom is 0.357 e. The van der Waals surface area contributed by atoms with Gasteiger partial charge in [-0.3, -0.25) is 9.27 Å². The van der Waals surface area contributed by atoms with E-state index in [2.05, 4.69) is 20.7 Å². The summed E-state index contributed by atoms with van der Waals surface area (Å²) in [7, 11) is -4.20. The topological polar surface area (TPSA) is 66.4 Å². The normalized spacial score (nSPS) is 16.4. The van der Waals surface area contributed by atoms with Crippen LogP contribution >= 0.6 is 15.9 Å². The molecule has 0 aromatic heterocycles. The molecule has 0 spiro atoms. The Balaban J connectivity index is 2.32. The summed E-state index contributed by atoms with van der Waals surface area (Å²) < 4.78 is 32.7. The van der Waals surface area contributed by atoms with Gasteiger partial charge in [-0.25, -0.2) is 0 Å². The van der Waals surface area contributed by atoms with Crippen molar-refractivity contribution in [3.05, 3.63) is 28.2 Å². The summed E-state index contributed by atoms with van der Waals surface area (Å²) >= 11 is 3.21. The molecule has 0 saturated heterocycles. The van der Waals surface area contributed by atoms with Crippen LogP contribution in [-0.2, 0) is 10.3 Å². The number of anilines is 1. The molecule has 82 valence electrons. The first-order valence-electron chi connectivity index (χ1n) is 4.50. The summed E-state index contributed by atoms with van der Waals surface area (Å²) in [5.74, 6) is 0.542. The van der Waals surface area contributed by atoms with Gasteiger partial charge in [-0.2, -0.15) is 8.42 Å². The average Bonchev–Trinajstić information content (AvgIpc) is 2.89. The lowest BCUT2D eigenvalue weighted by molar-refractivity contribution is 0.489. The van der Waals surface area contributed by atoms with Crippen molar-refractivity contribution in [2.75, 3.05) is 4.72 Å². The minimum Gasteiger partial charge on any atom is -0.269 e. The molecule has 2 rings (SSSR count). The number of halogens is 1. The van der Waals surface area contributed by atoms with Crippen molar-refractivity contribution in [2.24, 2.45) is 0 Å². The molecule has 4 nitrogen and oxygen atoms in total. The molecule has 1 aliphatic rings. The highest BCUT2D eigenvalue weighted by atomic mass is 79.9. The van der Waals surface area contributed by atoms with Crippen LogP contribution in [-0.4, -0.2) is 13.0 Å². The third-order valence-electron chi connectivity index (χ3n) is 2.28. The lowest BCUT2D eigenvalue weighted by Crippen LogP contribution is -2.10. The van der Waals surface area contributed by atoms with Crippen LogP contribution in [0.4, 0.5) is 5.69 Å². The van der Waals surface area contributed by atoms with E-state index < -0.39 is 10.3 Å². The molecule has 0 atom stereocenters. The van der Waals surface area contributed by atoms with Crippen molar-refractivity contribution < 1.29 is 13.0 Å². The van der Waals surface area contributed by atoms with Gasteiger partial charge in [0.2, 0.25) is 0 Å². The van der Waals surface area contributed by atoms with Crippen molar-refractivity contribution in [3.8, 4) is 0 Å². The summed E-state index contributed by atoms with van der Waals surface area (Å²) in [4.78, 5) is 0. The molecule has 0 radical (unpaired) electrons. The minimum atomic E-state index is -4.20. The fourth-order valence-corrected chi connectivity index (χ4v) is 2.35. The predicted molar refractivity (Wildman–Crippen MR) is 61.3 cm³/mol. The second-order valence-corrected chi connectivity index (χ2v) is 5.60. The monoisotopic (exact) mass is 291 g/mol. The molecule has 1 aromatic carbocycles. The lowest BCUT2D eigenvalue weighted by atomic mass is 10.1. The van der Waals surface area contributed by atoms with Gasteiger partial charge in [0.05, 0.1) is 5.69 Å². The predicted octanol–water partition coefficient (Wildman–Crippen LogP) is 2.54. The van der Waals surface area contributed by atoms with Crippen LogP contribution in [0.3, 0.4) is 0 Å². The molecule has 1 saturated carbocycles. The molecule has 0 heterocycles. The van der Waals surface area contributed by atoms with Gasteiger partial charge in [-0.1, -0.05) is 6.07 Å². The van der Waals surface area contributed by atoms with Crippen molar-refractivity contribution in [3.63, 3.8) is 0 Å². The number of benzene rings is 1. The van der Waals surface area contributed by atoms with Gasteiger partial charge in [0.1, 0.15) is 0 Å². The zero-order chi connectivity index (χ0) is 11.1. The molecule has 0 amide bonds. The van der Waals surface area contributed by atoms with E-state index in [9.17, 15) is 8.42 Å². The third kappa shape index (κ3) is 2.93. The van der Waals surface area contributed by atoms with Gasteiger partial charge in [0, 0.05) is 4.47 Å². The van der Waals surface area contributed by atoms with E-state index in [1.54, 1.807) is 12.1 Å². The van der Waals surface area contributed by atoms with Crippen LogP contribution in [0, 0.1) is 0 Å². The van der Waals surface area contributed by atoms with Gasteiger partial charge in [-0.05, 0) is 52.4 Å². The maximum absolute atomic E-state index is 10.7. The second-order valence-electron chi connectivity index (χ2n) is 3.59. The molecule has 0 aliphatic heterocycles. The van der Waals surface area contributed by atoms with Crippen LogP contribution in [0.25, 0.3) is 0 Å². The summed E-state index contributed by atoms with van der Waals surface area (Å²) in [5.41, 5.74) is 1.48. The summed E-state index contributed by atoms with van der Waals surface area (Å²) in [5, 5.41) is 0. The number of hydrogen-bond acceptors (Lipinski definition) is 2. The molecular formula is C9H10BrNO3S. The molecule has 15 heavy (non-hydrogen) atoms. The van der Waals surface area contributed by atoms with Gasteiger partial charge in [0.25, 0.3) is 0 Å². The fourth-order valence-electron chi connectivity index (χ4n) is 1.43. The summed E-state index contributed by atoms with van der Waals surface area (Å²) in [6.45, 7) is 0. The van der Waals surface area contributed by atoms with E-state index in [0.717, 1.165) is 18.4 Å².